The summed E-state index contributed by atoms with van der Waals surface area (Å²) in [5, 5.41) is 3.67. The monoisotopic (exact) mass is 367 g/mol. The average Bonchev–Trinajstić information content (AvgIpc) is 2.60. The van der Waals surface area contributed by atoms with Gasteiger partial charge in [0.05, 0.1) is 7.11 Å². The van der Waals surface area contributed by atoms with Crippen LogP contribution in [0.2, 0.25) is 0 Å². The van der Waals surface area contributed by atoms with Gasteiger partial charge in [-0.05, 0) is 31.2 Å². The van der Waals surface area contributed by atoms with Gasteiger partial charge in [-0.3, -0.25) is 4.79 Å². The van der Waals surface area contributed by atoms with Gasteiger partial charge in [-0.25, -0.2) is 9.78 Å². The molecule has 0 unspecified atom stereocenters. The zero-order valence-corrected chi connectivity index (χ0v) is 13.9. The van der Waals surface area contributed by atoms with Crippen molar-refractivity contribution in [2.75, 3.05) is 12.4 Å². The fraction of sp³-hybridized carbons (Fsp3) is 0.235. The summed E-state index contributed by atoms with van der Waals surface area (Å²) in [7, 11) is 0.793. The number of carbonyl (C=O) groups is 2. The Bertz CT molecular complexity index is 779. The minimum Gasteiger partial charge on any atom is -0.466 e. The van der Waals surface area contributed by atoms with Crippen LogP contribution in [0.15, 0.2) is 48.7 Å². The number of benzene rings is 1. The summed E-state index contributed by atoms with van der Waals surface area (Å²) in [6, 6.07) is 9.97. The van der Waals surface area contributed by atoms with E-state index in [4.69, 9.17) is 0 Å². The lowest BCUT2D eigenvalue weighted by molar-refractivity contribution is -0.203. The molecule has 2 N–H and O–H groups in total. The van der Waals surface area contributed by atoms with Gasteiger partial charge in [0.25, 0.3) is 5.91 Å². The lowest BCUT2D eigenvalue weighted by Gasteiger charge is -2.34. The third-order valence-corrected chi connectivity index (χ3v) is 3.51. The molecule has 0 saturated heterocycles. The molecule has 0 radical (unpaired) electrons. The van der Waals surface area contributed by atoms with Crippen LogP contribution in [0, 0.1) is 6.92 Å². The number of nitrogens with one attached hydrogen (secondary N) is 2. The number of pyridine rings is 1. The number of ether oxygens (including phenoxy) is 1. The zero-order chi connectivity index (χ0) is 19.4. The van der Waals surface area contributed by atoms with Gasteiger partial charge in [0.1, 0.15) is 5.82 Å². The number of aryl methyl sites for hydroxylation is 1. The fourth-order valence-electron chi connectivity index (χ4n) is 2.12. The van der Waals surface area contributed by atoms with Gasteiger partial charge in [0.15, 0.2) is 0 Å². The third-order valence-electron chi connectivity index (χ3n) is 3.51. The van der Waals surface area contributed by atoms with Gasteiger partial charge in [-0.1, -0.05) is 23.8 Å². The highest BCUT2D eigenvalue weighted by Crippen LogP contribution is 2.32. The first-order valence-corrected chi connectivity index (χ1v) is 7.43. The minimum atomic E-state index is -5.21. The summed E-state index contributed by atoms with van der Waals surface area (Å²) in [5.41, 5.74) is -2.72. The number of aromatic nitrogens is 1. The molecule has 26 heavy (non-hydrogen) atoms. The molecule has 1 aromatic carbocycles. The molecule has 0 fully saturated rings. The molecule has 0 aliphatic rings. The first kappa shape index (κ1) is 19.2. The van der Waals surface area contributed by atoms with Crippen LogP contribution in [-0.2, 0) is 9.53 Å². The molecule has 1 amide bonds. The third kappa shape index (κ3) is 3.93. The van der Waals surface area contributed by atoms with E-state index in [9.17, 15) is 22.8 Å². The van der Waals surface area contributed by atoms with Crippen molar-refractivity contribution in [2.24, 2.45) is 0 Å². The van der Waals surface area contributed by atoms with E-state index in [1.165, 1.54) is 36.5 Å². The summed E-state index contributed by atoms with van der Waals surface area (Å²) < 4.78 is 45.8. The number of anilines is 1. The van der Waals surface area contributed by atoms with Gasteiger partial charge < -0.3 is 15.4 Å². The Labute approximate surface area is 147 Å². The Morgan fingerprint density at radius 1 is 1.08 bits per heavy atom. The van der Waals surface area contributed by atoms with Crippen molar-refractivity contribution in [1.82, 2.24) is 10.3 Å². The van der Waals surface area contributed by atoms with Crippen LogP contribution in [-0.4, -0.2) is 35.8 Å². The van der Waals surface area contributed by atoms with E-state index >= 15 is 0 Å². The number of nitrogens with zero attached hydrogens (tertiary/aromatic N) is 1. The molecule has 0 bridgehead atoms. The van der Waals surface area contributed by atoms with E-state index in [0.717, 1.165) is 12.7 Å². The van der Waals surface area contributed by atoms with Gasteiger partial charge in [-0.2, -0.15) is 13.2 Å². The Morgan fingerprint density at radius 3 is 2.23 bits per heavy atom. The predicted molar refractivity (Wildman–Crippen MR) is 87.3 cm³/mol. The summed E-state index contributed by atoms with van der Waals surface area (Å²) in [6.45, 7) is 1.76. The van der Waals surface area contributed by atoms with Gasteiger partial charge in [0.2, 0.25) is 0 Å². The SMILES string of the molecule is COC(=O)[C@@](NC(=O)c1ccc(C)cc1)(Nc1ccccn1)C(F)(F)F. The first-order chi connectivity index (χ1) is 12.2. The topological polar surface area (TPSA) is 80.3 Å². The number of carbonyl (C=O) groups excluding carboxylic acids is 2. The Hall–Kier alpha value is -3.10. The highest BCUT2D eigenvalue weighted by molar-refractivity contribution is 5.99. The molecule has 1 heterocycles. The summed E-state index contributed by atoms with van der Waals surface area (Å²) in [4.78, 5) is 28.1. The number of halogens is 3. The van der Waals surface area contributed by atoms with Crippen molar-refractivity contribution in [3.63, 3.8) is 0 Å². The van der Waals surface area contributed by atoms with E-state index in [1.54, 1.807) is 24.4 Å². The van der Waals surface area contributed by atoms with Crippen LogP contribution in [0.3, 0.4) is 0 Å². The molecular weight excluding hydrogens is 351 g/mol. The maximum absolute atomic E-state index is 13.8. The fourth-order valence-corrected chi connectivity index (χ4v) is 2.12. The number of amides is 1. The molecule has 1 atom stereocenters. The largest absolute Gasteiger partial charge is 0.466 e. The van der Waals surface area contributed by atoms with Crippen molar-refractivity contribution in [1.29, 1.82) is 0 Å². The van der Waals surface area contributed by atoms with Crippen LogP contribution in [0.4, 0.5) is 19.0 Å². The van der Waals surface area contributed by atoms with Gasteiger partial charge in [-0.15, -0.1) is 0 Å². The lowest BCUT2D eigenvalue weighted by Crippen LogP contribution is -2.69. The van der Waals surface area contributed by atoms with Crippen LogP contribution in [0.5, 0.6) is 0 Å². The zero-order valence-electron chi connectivity index (χ0n) is 13.9. The summed E-state index contributed by atoms with van der Waals surface area (Å²) >= 11 is 0. The number of methoxy groups -OCH3 is 1. The number of hydrogen-bond acceptors (Lipinski definition) is 5. The molecule has 1 aromatic heterocycles. The summed E-state index contributed by atoms with van der Waals surface area (Å²) in [6.07, 6.45) is -3.97. The van der Waals surface area contributed by atoms with Crippen molar-refractivity contribution < 1.29 is 27.5 Å². The molecule has 6 nitrogen and oxygen atoms in total. The second-order valence-corrected chi connectivity index (χ2v) is 5.40. The molecule has 0 saturated carbocycles. The molecule has 9 heteroatoms. The van der Waals surface area contributed by atoms with Crippen molar-refractivity contribution in [3.8, 4) is 0 Å². The number of hydrogen-bond donors (Lipinski definition) is 2. The van der Waals surface area contributed by atoms with Gasteiger partial charge in [0, 0.05) is 11.8 Å². The normalized spacial score (nSPS) is 13.4. The average molecular weight is 367 g/mol. The quantitative estimate of drug-likeness (QED) is 0.627. The Kier molecular flexibility index (Phi) is 5.49. The molecule has 2 rings (SSSR count). The summed E-state index contributed by atoms with van der Waals surface area (Å²) in [5.74, 6) is -3.09. The van der Waals surface area contributed by atoms with Crippen LogP contribution in [0.1, 0.15) is 15.9 Å². The van der Waals surface area contributed by atoms with E-state index in [0.29, 0.717) is 0 Å². The van der Waals surface area contributed by atoms with E-state index < -0.39 is 23.7 Å². The second-order valence-electron chi connectivity index (χ2n) is 5.40. The van der Waals surface area contributed by atoms with Crippen LogP contribution >= 0.6 is 0 Å². The maximum Gasteiger partial charge on any atom is 0.441 e. The standard InChI is InChI=1S/C17H16F3N3O3/c1-11-6-8-12(9-7-11)14(24)23-16(15(25)26-2,17(18,19)20)22-13-5-3-4-10-21-13/h3-10H,1-2H3,(H,21,22)(H,23,24)/t16-/m0/s1. The van der Waals surface area contributed by atoms with Crippen LogP contribution < -0.4 is 10.6 Å². The number of rotatable bonds is 5. The minimum absolute atomic E-state index is 0.0454. The molecule has 0 spiro atoms. The molecule has 138 valence electrons. The second kappa shape index (κ2) is 7.42. The predicted octanol–water partition coefficient (Wildman–Crippen LogP) is 2.66. The van der Waals surface area contributed by atoms with E-state index in [-0.39, 0.29) is 11.4 Å². The Morgan fingerprint density at radius 2 is 1.73 bits per heavy atom. The smallest absolute Gasteiger partial charge is 0.441 e. The van der Waals surface area contributed by atoms with Crippen molar-refractivity contribution in [2.45, 2.75) is 18.8 Å². The maximum atomic E-state index is 13.8. The first-order valence-electron chi connectivity index (χ1n) is 7.43. The number of esters is 1. The van der Waals surface area contributed by atoms with Gasteiger partial charge >= 0.3 is 17.8 Å². The van der Waals surface area contributed by atoms with E-state index in [2.05, 4.69) is 9.72 Å². The lowest BCUT2D eigenvalue weighted by atomic mass is 10.1. The van der Waals surface area contributed by atoms with Crippen molar-refractivity contribution >= 4 is 17.7 Å². The Balaban J connectivity index is 2.46. The molecule has 0 aliphatic carbocycles. The highest BCUT2D eigenvalue weighted by Gasteiger charge is 2.63. The molecule has 2 aromatic rings. The molecule has 0 aliphatic heterocycles. The highest BCUT2D eigenvalue weighted by atomic mass is 19.4. The van der Waals surface area contributed by atoms with Crippen LogP contribution in [0.25, 0.3) is 0 Å². The van der Waals surface area contributed by atoms with E-state index in [1.807, 2.05) is 5.32 Å². The molecular formula is C17H16F3N3O3. The van der Waals surface area contributed by atoms with Crippen molar-refractivity contribution in [3.05, 3.63) is 59.8 Å². The number of alkyl halides is 3.